The van der Waals surface area contributed by atoms with Crippen molar-refractivity contribution in [2.24, 2.45) is 0 Å². The van der Waals surface area contributed by atoms with Gasteiger partial charge in [-0.3, -0.25) is 14.5 Å². The summed E-state index contributed by atoms with van der Waals surface area (Å²) in [6.07, 6.45) is -0.158. The fourth-order valence-corrected chi connectivity index (χ4v) is 1.92. The summed E-state index contributed by atoms with van der Waals surface area (Å²) in [7, 11) is 0. The van der Waals surface area contributed by atoms with Crippen molar-refractivity contribution in [3.63, 3.8) is 0 Å². The second-order valence-corrected chi connectivity index (χ2v) is 4.65. The first-order valence-electron chi connectivity index (χ1n) is 6.73. The number of fused-ring (bicyclic) bond motifs is 1. The Morgan fingerprint density at radius 1 is 1.55 bits per heavy atom. The third-order valence-electron chi connectivity index (χ3n) is 2.94. The van der Waals surface area contributed by atoms with Gasteiger partial charge in [0, 0.05) is 6.07 Å². The molecule has 0 bridgehead atoms. The topological polar surface area (TPSA) is 112 Å². The van der Waals surface area contributed by atoms with E-state index in [1.165, 1.54) is 19.1 Å². The summed E-state index contributed by atoms with van der Waals surface area (Å²) in [6.45, 7) is 3.24. The zero-order chi connectivity index (χ0) is 16.3. The highest BCUT2D eigenvalue weighted by atomic mass is 16.6. The van der Waals surface area contributed by atoms with Crippen LogP contribution in [-0.4, -0.2) is 41.0 Å². The van der Waals surface area contributed by atoms with Crippen LogP contribution in [0.5, 0.6) is 5.75 Å². The van der Waals surface area contributed by atoms with Gasteiger partial charge in [0.1, 0.15) is 6.54 Å². The first-order chi connectivity index (χ1) is 10.4. The summed E-state index contributed by atoms with van der Waals surface area (Å²) >= 11 is 0. The van der Waals surface area contributed by atoms with E-state index in [1.54, 1.807) is 0 Å². The maximum absolute atomic E-state index is 12.2. The van der Waals surface area contributed by atoms with Crippen molar-refractivity contribution in [2.75, 3.05) is 18.1 Å². The van der Waals surface area contributed by atoms with E-state index in [-0.39, 0.29) is 24.7 Å². The number of hydrogen-bond donors (Lipinski definition) is 0. The molecule has 1 aliphatic rings. The Morgan fingerprint density at radius 2 is 2.27 bits per heavy atom. The van der Waals surface area contributed by atoms with E-state index in [9.17, 15) is 19.7 Å². The molecule has 2 heterocycles. The summed E-state index contributed by atoms with van der Waals surface area (Å²) in [6, 6.07) is 2.53. The first kappa shape index (κ1) is 15.7. The Bertz CT molecular complexity index is 618. The summed E-state index contributed by atoms with van der Waals surface area (Å²) in [5.41, 5.74) is 0. The Balaban J connectivity index is 2.32. The van der Waals surface area contributed by atoms with Crippen molar-refractivity contribution >= 4 is 23.5 Å². The molecule has 22 heavy (non-hydrogen) atoms. The van der Waals surface area contributed by atoms with Gasteiger partial charge in [-0.25, -0.2) is 0 Å². The van der Waals surface area contributed by atoms with E-state index in [0.717, 1.165) is 4.90 Å². The number of nitrogens with zero attached hydrogens (tertiary/aromatic N) is 3. The minimum Gasteiger partial charge on any atom is -0.475 e. The van der Waals surface area contributed by atoms with Gasteiger partial charge in [0.25, 0.3) is 11.7 Å². The van der Waals surface area contributed by atoms with Gasteiger partial charge in [-0.15, -0.1) is 0 Å². The van der Waals surface area contributed by atoms with Crippen molar-refractivity contribution in [2.45, 2.75) is 26.4 Å². The number of anilines is 1. The highest BCUT2D eigenvalue weighted by Crippen LogP contribution is 2.33. The van der Waals surface area contributed by atoms with Gasteiger partial charge in [-0.1, -0.05) is 6.92 Å². The molecule has 0 fully saturated rings. The van der Waals surface area contributed by atoms with Crippen molar-refractivity contribution in [1.29, 1.82) is 0 Å². The lowest BCUT2D eigenvalue weighted by molar-refractivity contribution is -0.389. The molecule has 0 radical (unpaired) electrons. The molecule has 1 aromatic heterocycles. The SMILES string of the molecule is CCCOC(=O)CN1C(=O)C(C)Oc2ccc([N+](=O)[O-])nc21. The number of nitro groups is 1. The van der Waals surface area contributed by atoms with Crippen LogP contribution in [0.3, 0.4) is 0 Å². The average Bonchev–Trinajstić information content (AvgIpc) is 2.49. The average molecular weight is 309 g/mol. The van der Waals surface area contributed by atoms with Crippen LogP contribution in [0.4, 0.5) is 11.6 Å². The minimum absolute atomic E-state index is 0.0502. The Labute approximate surface area is 126 Å². The number of ether oxygens (including phenoxy) is 2. The number of pyridine rings is 1. The molecule has 1 amide bonds. The number of amides is 1. The molecule has 1 aromatic rings. The second-order valence-electron chi connectivity index (χ2n) is 4.65. The summed E-state index contributed by atoms with van der Waals surface area (Å²) < 4.78 is 10.3. The molecule has 1 aliphatic heterocycles. The molecule has 2 rings (SSSR count). The van der Waals surface area contributed by atoms with Gasteiger partial charge in [0.2, 0.25) is 0 Å². The molecule has 0 saturated heterocycles. The van der Waals surface area contributed by atoms with Crippen molar-refractivity contribution in [3.8, 4) is 5.75 Å². The Kier molecular flexibility index (Phi) is 4.54. The van der Waals surface area contributed by atoms with Gasteiger partial charge in [0.05, 0.1) is 6.61 Å². The molecule has 1 atom stereocenters. The Hall–Kier alpha value is -2.71. The van der Waals surface area contributed by atoms with E-state index in [4.69, 9.17) is 9.47 Å². The zero-order valence-electron chi connectivity index (χ0n) is 12.1. The fourth-order valence-electron chi connectivity index (χ4n) is 1.92. The van der Waals surface area contributed by atoms with Crippen molar-refractivity contribution in [1.82, 2.24) is 4.98 Å². The highest BCUT2D eigenvalue weighted by Gasteiger charge is 2.38. The summed E-state index contributed by atoms with van der Waals surface area (Å²) in [5.74, 6) is -1.39. The number of aromatic nitrogens is 1. The van der Waals surface area contributed by atoms with E-state index >= 15 is 0 Å². The van der Waals surface area contributed by atoms with Crippen LogP contribution in [0.1, 0.15) is 20.3 Å². The lowest BCUT2D eigenvalue weighted by atomic mass is 10.2. The van der Waals surface area contributed by atoms with E-state index < -0.39 is 28.7 Å². The van der Waals surface area contributed by atoms with Gasteiger partial charge >= 0.3 is 11.8 Å². The minimum atomic E-state index is -0.810. The maximum atomic E-state index is 12.2. The van der Waals surface area contributed by atoms with Crippen LogP contribution < -0.4 is 9.64 Å². The third-order valence-corrected chi connectivity index (χ3v) is 2.94. The number of rotatable bonds is 5. The maximum Gasteiger partial charge on any atom is 0.366 e. The van der Waals surface area contributed by atoms with Crippen LogP contribution in [0.25, 0.3) is 0 Å². The van der Waals surface area contributed by atoms with Crippen molar-refractivity contribution < 1.29 is 24.0 Å². The fraction of sp³-hybridized carbons (Fsp3) is 0.462. The first-order valence-corrected chi connectivity index (χ1v) is 6.73. The molecular weight excluding hydrogens is 294 g/mol. The molecule has 0 spiro atoms. The molecule has 0 aliphatic carbocycles. The number of carbonyl (C=O) groups is 2. The van der Waals surface area contributed by atoms with E-state index in [0.29, 0.717) is 6.42 Å². The quantitative estimate of drug-likeness (QED) is 0.454. The smallest absolute Gasteiger partial charge is 0.366 e. The van der Waals surface area contributed by atoms with Crippen LogP contribution in [0.2, 0.25) is 0 Å². The lowest BCUT2D eigenvalue weighted by Gasteiger charge is -2.28. The van der Waals surface area contributed by atoms with Crippen LogP contribution >= 0.6 is 0 Å². The summed E-state index contributed by atoms with van der Waals surface area (Å²) in [4.78, 5) is 38.9. The van der Waals surface area contributed by atoms with Gasteiger partial charge in [-0.2, -0.15) is 0 Å². The molecule has 1 unspecified atom stereocenters. The van der Waals surface area contributed by atoms with E-state index in [2.05, 4.69) is 4.98 Å². The van der Waals surface area contributed by atoms with Crippen LogP contribution in [0.15, 0.2) is 12.1 Å². The predicted molar refractivity (Wildman–Crippen MR) is 74.6 cm³/mol. The largest absolute Gasteiger partial charge is 0.475 e. The monoisotopic (exact) mass is 309 g/mol. The van der Waals surface area contributed by atoms with Gasteiger partial charge in [0.15, 0.2) is 11.9 Å². The standard InChI is InChI=1S/C13H15N3O6/c1-3-6-21-11(17)7-15-12-9(22-8(2)13(15)18)4-5-10(14-12)16(19)20/h4-5,8H,3,6-7H2,1-2H3. The van der Waals surface area contributed by atoms with Crippen LogP contribution in [-0.2, 0) is 14.3 Å². The predicted octanol–water partition coefficient (Wildman–Crippen LogP) is 1.06. The normalized spacial score (nSPS) is 16.7. The molecule has 0 N–H and O–H groups in total. The van der Waals surface area contributed by atoms with Gasteiger partial charge < -0.3 is 19.6 Å². The van der Waals surface area contributed by atoms with Gasteiger partial charge in [-0.05, 0) is 29.3 Å². The molecule has 9 heteroatoms. The highest BCUT2D eigenvalue weighted by molar-refractivity contribution is 6.02. The molecular formula is C13H15N3O6. The summed E-state index contributed by atoms with van der Waals surface area (Å²) in [5, 5.41) is 10.8. The molecule has 0 aromatic carbocycles. The third kappa shape index (κ3) is 3.13. The molecule has 0 saturated carbocycles. The van der Waals surface area contributed by atoms with Crippen LogP contribution in [0, 0.1) is 10.1 Å². The van der Waals surface area contributed by atoms with E-state index in [1.807, 2.05) is 6.92 Å². The van der Waals surface area contributed by atoms with Crippen molar-refractivity contribution in [3.05, 3.63) is 22.2 Å². The second kappa shape index (κ2) is 6.37. The number of carbonyl (C=O) groups excluding carboxylic acids is 2. The molecule has 118 valence electrons. The lowest BCUT2D eigenvalue weighted by Crippen LogP contribution is -2.47. The molecule has 9 nitrogen and oxygen atoms in total. The zero-order valence-corrected chi connectivity index (χ0v) is 12.1. The number of esters is 1. The number of hydrogen-bond acceptors (Lipinski definition) is 7. The Morgan fingerprint density at radius 3 is 2.91 bits per heavy atom.